The summed E-state index contributed by atoms with van der Waals surface area (Å²) in [6, 6.07) is 0.700. The molecule has 1 saturated carbocycles. The Bertz CT molecular complexity index is 245. The summed E-state index contributed by atoms with van der Waals surface area (Å²) >= 11 is 0. The van der Waals surface area contributed by atoms with Gasteiger partial charge in [-0.2, -0.15) is 0 Å². The van der Waals surface area contributed by atoms with Gasteiger partial charge in [0.1, 0.15) is 12.7 Å². The van der Waals surface area contributed by atoms with Crippen molar-refractivity contribution in [3.8, 4) is 0 Å². The average molecular weight is 150 g/mol. The maximum Gasteiger partial charge on any atom is 0.119 e. The standard InChI is InChI=1S/C7H10N4/c1-5-6(2-8-1)7(5)11-3-9-10-4-11/h3-8H,1-2H2/t5-,6+,7+. The van der Waals surface area contributed by atoms with Crippen LogP contribution in [0, 0.1) is 11.8 Å². The van der Waals surface area contributed by atoms with Crippen LogP contribution >= 0.6 is 0 Å². The minimum absolute atomic E-state index is 0.700. The SMILES string of the molecule is c1nncn1[C@H]1[C@@H]2CNC[C@@H]21. The Morgan fingerprint density at radius 1 is 1.18 bits per heavy atom. The lowest BCUT2D eigenvalue weighted by Gasteiger charge is -2.02. The fraction of sp³-hybridized carbons (Fsp3) is 0.714. The van der Waals surface area contributed by atoms with Crippen molar-refractivity contribution in [2.45, 2.75) is 6.04 Å². The van der Waals surface area contributed by atoms with Crippen LogP contribution in [0.15, 0.2) is 12.7 Å². The van der Waals surface area contributed by atoms with E-state index >= 15 is 0 Å². The molecule has 0 bridgehead atoms. The van der Waals surface area contributed by atoms with E-state index in [0.29, 0.717) is 6.04 Å². The average Bonchev–Trinajstić information content (AvgIpc) is 2.57. The van der Waals surface area contributed by atoms with E-state index in [4.69, 9.17) is 0 Å². The van der Waals surface area contributed by atoms with Crippen LogP contribution in [0.4, 0.5) is 0 Å². The summed E-state index contributed by atoms with van der Waals surface area (Å²) in [6.45, 7) is 2.35. The number of fused-ring (bicyclic) bond motifs is 1. The normalized spacial score (nSPS) is 40.5. The van der Waals surface area contributed by atoms with Gasteiger partial charge in [-0.05, 0) is 11.8 Å². The van der Waals surface area contributed by atoms with Gasteiger partial charge in [0.2, 0.25) is 0 Å². The molecule has 11 heavy (non-hydrogen) atoms. The first-order valence-electron chi connectivity index (χ1n) is 4.01. The first-order valence-corrected chi connectivity index (χ1v) is 4.01. The molecule has 1 aromatic rings. The molecule has 0 aromatic carbocycles. The first kappa shape index (κ1) is 5.71. The highest BCUT2D eigenvalue weighted by molar-refractivity contribution is 5.07. The highest BCUT2D eigenvalue weighted by atomic mass is 15.3. The minimum atomic E-state index is 0.700. The highest BCUT2D eigenvalue weighted by Gasteiger charge is 2.53. The molecule has 0 amide bonds. The van der Waals surface area contributed by atoms with E-state index in [1.54, 1.807) is 0 Å². The van der Waals surface area contributed by atoms with Gasteiger partial charge >= 0.3 is 0 Å². The third-order valence-electron chi connectivity index (χ3n) is 2.83. The molecule has 1 aromatic heterocycles. The van der Waals surface area contributed by atoms with Gasteiger partial charge in [0, 0.05) is 19.1 Å². The summed E-state index contributed by atoms with van der Waals surface area (Å²) in [5.74, 6) is 1.71. The molecule has 0 unspecified atom stereocenters. The number of rotatable bonds is 1. The third kappa shape index (κ3) is 0.673. The fourth-order valence-electron chi connectivity index (χ4n) is 2.19. The Labute approximate surface area is 64.6 Å². The molecular formula is C7H10N4. The molecule has 1 aliphatic heterocycles. The Hall–Kier alpha value is -0.900. The molecule has 2 heterocycles. The van der Waals surface area contributed by atoms with Crippen LogP contribution in [0.2, 0.25) is 0 Å². The van der Waals surface area contributed by atoms with Crippen molar-refractivity contribution in [3.63, 3.8) is 0 Å². The largest absolute Gasteiger partial charge is 0.316 e. The molecule has 0 spiro atoms. The van der Waals surface area contributed by atoms with Gasteiger partial charge in [0.25, 0.3) is 0 Å². The molecule has 3 atom stereocenters. The lowest BCUT2D eigenvalue weighted by Crippen LogP contribution is -2.15. The predicted octanol–water partition coefficient (Wildman–Crippen LogP) is -0.332. The monoisotopic (exact) mass is 150 g/mol. The molecule has 1 N–H and O–H groups in total. The van der Waals surface area contributed by atoms with Crippen molar-refractivity contribution < 1.29 is 0 Å². The Kier molecular flexibility index (Phi) is 0.946. The smallest absolute Gasteiger partial charge is 0.119 e. The van der Waals surface area contributed by atoms with Gasteiger partial charge in [0.05, 0.1) is 0 Å². The van der Waals surface area contributed by atoms with Crippen LogP contribution < -0.4 is 5.32 Å². The molecule has 4 heteroatoms. The van der Waals surface area contributed by atoms with Gasteiger partial charge in [-0.1, -0.05) is 0 Å². The Morgan fingerprint density at radius 3 is 2.45 bits per heavy atom. The maximum absolute atomic E-state index is 3.80. The number of nitrogens with one attached hydrogen (secondary N) is 1. The molecule has 1 saturated heterocycles. The van der Waals surface area contributed by atoms with Crippen molar-refractivity contribution in [2.24, 2.45) is 11.8 Å². The molecule has 58 valence electrons. The number of piperidine rings is 1. The van der Waals surface area contributed by atoms with Crippen LogP contribution in [0.1, 0.15) is 6.04 Å². The van der Waals surface area contributed by atoms with E-state index in [-0.39, 0.29) is 0 Å². The zero-order chi connectivity index (χ0) is 7.26. The Balaban J connectivity index is 1.85. The van der Waals surface area contributed by atoms with Gasteiger partial charge < -0.3 is 9.88 Å². The molecular weight excluding hydrogens is 140 g/mol. The summed E-state index contributed by atoms with van der Waals surface area (Å²) in [4.78, 5) is 0. The second kappa shape index (κ2) is 1.82. The van der Waals surface area contributed by atoms with E-state index < -0.39 is 0 Å². The van der Waals surface area contributed by atoms with Gasteiger partial charge in [-0.15, -0.1) is 10.2 Å². The summed E-state index contributed by atoms with van der Waals surface area (Å²) < 4.78 is 2.14. The topological polar surface area (TPSA) is 42.7 Å². The van der Waals surface area contributed by atoms with Crippen molar-refractivity contribution in [3.05, 3.63) is 12.7 Å². The van der Waals surface area contributed by atoms with Gasteiger partial charge in [-0.3, -0.25) is 0 Å². The zero-order valence-corrected chi connectivity index (χ0v) is 6.14. The second-order valence-electron chi connectivity index (χ2n) is 3.39. The third-order valence-corrected chi connectivity index (χ3v) is 2.83. The summed E-state index contributed by atoms with van der Waals surface area (Å²) in [5.41, 5.74) is 0. The molecule has 1 aliphatic carbocycles. The lowest BCUT2D eigenvalue weighted by molar-refractivity contribution is 0.568. The van der Waals surface area contributed by atoms with Crippen LogP contribution in [-0.2, 0) is 0 Å². The minimum Gasteiger partial charge on any atom is -0.316 e. The van der Waals surface area contributed by atoms with E-state index in [9.17, 15) is 0 Å². The molecule has 4 nitrogen and oxygen atoms in total. The highest BCUT2D eigenvalue weighted by Crippen LogP contribution is 2.52. The lowest BCUT2D eigenvalue weighted by atomic mass is 10.4. The van der Waals surface area contributed by atoms with Crippen LogP contribution in [0.3, 0.4) is 0 Å². The van der Waals surface area contributed by atoms with Crippen molar-refractivity contribution in [1.29, 1.82) is 0 Å². The number of hydrogen-bond donors (Lipinski definition) is 1. The first-order chi connectivity index (χ1) is 5.47. The van der Waals surface area contributed by atoms with Crippen LogP contribution in [-0.4, -0.2) is 27.9 Å². The number of nitrogens with zero attached hydrogens (tertiary/aromatic N) is 3. The van der Waals surface area contributed by atoms with E-state index in [1.165, 1.54) is 13.1 Å². The van der Waals surface area contributed by atoms with Crippen molar-refractivity contribution >= 4 is 0 Å². The molecule has 3 rings (SSSR count). The van der Waals surface area contributed by atoms with Gasteiger partial charge in [0.15, 0.2) is 0 Å². The van der Waals surface area contributed by atoms with Crippen LogP contribution in [0.5, 0.6) is 0 Å². The van der Waals surface area contributed by atoms with Crippen LogP contribution in [0.25, 0.3) is 0 Å². The zero-order valence-electron chi connectivity index (χ0n) is 6.14. The van der Waals surface area contributed by atoms with Crippen molar-refractivity contribution in [1.82, 2.24) is 20.1 Å². The van der Waals surface area contributed by atoms with E-state index in [1.807, 2.05) is 12.7 Å². The van der Waals surface area contributed by atoms with Gasteiger partial charge in [-0.25, -0.2) is 0 Å². The summed E-state index contributed by atoms with van der Waals surface area (Å²) in [6.07, 6.45) is 3.64. The summed E-state index contributed by atoms with van der Waals surface area (Å²) in [7, 11) is 0. The summed E-state index contributed by atoms with van der Waals surface area (Å²) in [5, 5.41) is 11.0. The number of aromatic nitrogens is 3. The Morgan fingerprint density at radius 2 is 1.82 bits per heavy atom. The number of hydrogen-bond acceptors (Lipinski definition) is 3. The van der Waals surface area contributed by atoms with E-state index in [0.717, 1.165) is 11.8 Å². The van der Waals surface area contributed by atoms with E-state index in [2.05, 4.69) is 20.1 Å². The maximum atomic E-state index is 3.80. The fourth-order valence-corrected chi connectivity index (χ4v) is 2.19. The molecule has 0 radical (unpaired) electrons. The second-order valence-corrected chi connectivity index (χ2v) is 3.39. The predicted molar refractivity (Wildman–Crippen MR) is 38.9 cm³/mol. The quantitative estimate of drug-likeness (QED) is 0.596. The molecule has 2 aliphatic rings. The molecule has 2 fully saturated rings. The van der Waals surface area contributed by atoms with Crippen molar-refractivity contribution in [2.75, 3.05) is 13.1 Å².